The van der Waals surface area contributed by atoms with E-state index in [1.807, 2.05) is 37.3 Å². The molecule has 1 aliphatic heterocycles. The lowest BCUT2D eigenvalue weighted by Crippen LogP contribution is -2.26. The minimum Gasteiger partial charge on any atom is -0.273 e. The molecule has 4 rings (SSSR count). The molecule has 5 nitrogen and oxygen atoms in total. The van der Waals surface area contributed by atoms with E-state index in [0.29, 0.717) is 12.8 Å². The lowest BCUT2D eigenvalue weighted by atomic mass is 9.96. The number of amides is 1. The molecule has 26 heavy (non-hydrogen) atoms. The average Bonchev–Trinajstić information content (AvgIpc) is 3.12. The Hall–Kier alpha value is -3.08. The molecule has 1 atom stereocenters. The Morgan fingerprint density at radius 2 is 1.88 bits per heavy atom. The van der Waals surface area contributed by atoms with Crippen LogP contribution < -0.4 is 0 Å². The number of aromatic nitrogens is 2. The molecule has 1 amide bonds. The molecule has 0 N–H and O–H groups in total. The van der Waals surface area contributed by atoms with Crippen LogP contribution in [0.25, 0.3) is 11.0 Å². The Morgan fingerprint density at radius 3 is 2.65 bits per heavy atom. The molecular weight excluding hydrogens is 324 g/mol. The van der Waals surface area contributed by atoms with Gasteiger partial charge in [-0.1, -0.05) is 37.3 Å². The highest BCUT2D eigenvalue weighted by Gasteiger charge is 2.32. The van der Waals surface area contributed by atoms with E-state index >= 15 is 0 Å². The summed E-state index contributed by atoms with van der Waals surface area (Å²) in [5.74, 6) is 0.0258. The van der Waals surface area contributed by atoms with E-state index < -0.39 is 0 Å². The smallest absolute Gasteiger partial charge is 0.242 e. The number of hydrazone groups is 1. The average molecular weight is 344 g/mol. The maximum atomic E-state index is 12.5. The summed E-state index contributed by atoms with van der Waals surface area (Å²) in [6.45, 7) is 3.94. The number of benzene rings is 2. The molecule has 0 aliphatic carbocycles. The molecule has 1 aliphatic rings. The van der Waals surface area contributed by atoms with E-state index in [0.717, 1.165) is 27.9 Å². The van der Waals surface area contributed by atoms with Gasteiger partial charge in [-0.3, -0.25) is 14.8 Å². The number of nitrogens with zero attached hydrogens (tertiary/aromatic N) is 4. The Balaban J connectivity index is 1.75. The van der Waals surface area contributed by atoms with Crippen LogP contribution in [-0.4, -0.2) is 26.6 Å². The monoisotopic (exact) mass is 344 g/mol. The predicted molar refractivity (Wildman–Crippen MR) is 102 cm³/mol. The van der Waals surface area contributed by atoms with Gasteiger partial charge >= 0.3 is 0 Å². The van der Waals surface area contributed by atoms with Crippen molar-refractivity contribution in [2.24, 2.45) is 5.10 Å². The second kappa shape index (κ2) is 6.67. The summed E-state index contributed by atoms with van der Waals surface area (Å²) >= 11 is 0. The van der Waals surface area contributed by atoms with Crippen molar-refractivity contribution in [3.8, 4) is 0 Å². The Kier molecular flexibility index (Phi) is 4.21. The van der Waals surface area contributed by atoms with Gasteiger partial charge in [-0.15, -0.1) is 0 Å². The number of carbonyl (C=O) groups excluding carboxylic acids is 1. The molecule has 3 aromatic rings. The van der Waals surface area contributed by atoms with E-state index in [9.17, 15) is 4.79 Å². The zero-order valence-electron chi connectivity index (χ0n) is 14.9. The fourth-order valence-corrected chi connectivity index (χ4v) is 3.41. The van der Waals surface area contributed by atoms with Crippen LogP contribution in [0.1, 0.15) is 42.5 Å². The topological polar surface area (TPSA) is 58.5 Å². The zero-order valence-corrected chi connectivity index (χ0v) is 14.9. The summed E-state index contributed by atoms with van der Waals surface area (Å²) in [4.78, 5) is 21.2. The van der Waals surface area contributed by atoms with E-state index in [-0.39, 0.29) is 11.9 Å². The molecule has 2 heterocycles. The van der Waals surface area contributed by atoms with Crippen molar-refractivity contribution in [1.82, 2.24) is 15.0 Å². The first-order valence-electron chi connectivity index (χ1n) is 8.83. The molecule has 1 aromatic heterocycles. The fourth-order valence-electron chi connectivity index (χ4n) is 3.41. The van der Waals surface area contributed by atoms with Crippen LogP contribution in [0.5, 0.6) is 0 Å². The number of rotatable bonds is 3. The van der Waals surface area contributed by atoms with Gasteiger partial charge in [-0.2, -0.15) is 5.10 Å². The quantitative estimate of drug-likeness (QED) is 0.721. The third kappa shape index (κ3) is 2.86. The van der Waals surface area contributed by atoms with Gasteiger partial charge in [0, 0.05) is 30.8 Å². The molecule has 2 aromatic carbocycles. The van der Waals surface area contributed by atoms with E-state index in [1.165, 1.54) is 5.56 Å². The second-order valence-corrected chi connectivity index (χ2v) is 6.48. The van der Waals surface area contributed by atoms with Gasteiger partial charge in [0.25, 0.3) is 0 Å². The summed E-state index contributed by atoms with van der Waals surface area (Å²) in [6, 6.07) is 14.0. The van der Waals surface area contributed by atoms with Crippen molar-refractivity contribution in [3.05, 3.63) is 71.5 Å². The van der Waals surface area contributed by atoms with E-state index in [2.05, 4.69) is 29.0 Å². The van der Waals surface area contributed by atoms with Crippen LogP contribution in [0.2, 0.25) is 0 Å². The minimum absolute atomic E-state index is 0.0258. The lowest BCUT2D eigenvalue weighted by molar-refractivity contribution is -0.132. The Labute approximate surface area is 152 Å². The maximum absolute atomic E-state index is 12.5. The lowest BCUT2D eigenvalue weighted by Gasteiger charge is -2.21. The number of hydrogen-bond acceptors (Lipinski definition) is 4. The summed E-state index contributed by atoms with van der Waals surface area (Å²) in [7, 11) is 0. The van der Waals surface area contributed by atoms with E-state index in [4.69, 9.17) is 5.10 Å². The van der Waals surface area contributed by atoms with Crippen molar-refractivity contribution < 1.29 is 4.79 Å². The molecule has 5 heteroatoms. The fraction of sp³-hybridized carbons (Fsp3) is 0.238. The van der Waals surface area contributed by atoms with Gasteiger partial charge in [0.2, 0.25) is 5.91 Å². The van der Waals surface area contributed by atoms with Gasteiger partial charge in [0.15, 0.2) is 0 Å². The van der Waals surface area contributed by atoms with Crippen molar-refractivity contribution in [1.29, 1.82) is 0 Å². The molecule has 130 valence electrons. The molecule has 0 saturated carbocycles. The van der Waals surface area contributed by atoms with Gasteiger partial charge in [-0.05, 0) is 30.2 Å². The zero-order chi connectivity index (χ0) is 18.1. The third-order valence-electron chi connectivity index (χ3n) is 4.80. The van der Waals surface area contributed by atoms with Crippen LogP contribution in [0.3, 0.4) is 0 Å². The Morgan fingerprint density at radius 1 is 1.12 bits per heavy atom. The number of fused-ring (bicyclic) bond motifs is 1. The molecule has 0 radical (unpaired) electrons. The summed E-state index contributed by atoms with van der Waals surface area (Å²) < 4.78 is 0. The van der Waals surface area contributed by atoms with Crippen molar-refractivity contribution in [2.75, 3.05) is 0 Å². The predicted octanol–water partition coefficient (Wildman–Crippen LogP) is 4.03. The van der Waals surface area contributed by atoms with Crippen LogP contribution in [0.4, 0.5) is 0 Å². The van der Waals surface area contributed by atoms with Crippen LogP contribution in [0.15, 0.2) is 60.0 Å². The van der Waals surface area contributed by atoms with Crippen molar-refractivity contribution >= 4 is 22.7 Å². The van der Waals surface area contributed by atoms with Gasteiger partial charge in [0.05, 0.1) is 22.8 Å². The highest BCUT2D eigenvalue weighted by atomic mass is 16.2. The number of hydrogen-bond donors (Lipinski definition) is 0. The first-order valence-corrected chi connectivity index (χ1v) is 8.83. The molecule has 0 spiro atoms. The van der Waals surface area contributed by atoms with Gasteiger partial charge < -0.3 is 0 Å². The van der Waals surface area contributed by atoms with Crippen molar-refractivity contribution in [2.45, 2.75) is 32.7 Å². The summed E-state index contributed by atoms with van der Waals surface area (Å²) in [5.41, 5.74) is 5.94. The van der Waals surface area contributed by atoms with E-state index in [1.54, 1.807) is 17.4 Å². The van der Waals surface area contributed by atoms with Crippen LogP contribution in [0, 0.1) is 6.92 Å². The third-order valence-corrected chi connectivity index (χ3v) is 4.80. The molecule has 1 unspecified atom stereocenters. The van der Waals surface area contributed by atoms with Crippen molar-refractivity contribution in [3.63, 3.8) is 0 Å². The molecule has 0 fully saturated rings. The first-order chi connectivity index (χ1) is 12.7. The SMILES string of the molecule is CCC(=O)N1N=C(c2ccccc2C)CC1c1ccc2nccnc2c1. The number of aryl methyl sites for hydroxylation is 1. The molecule has 0 saturated heterocycles. The molecular formula is C21H20N4O. The Bertz CT molecular complexity index is 1010. The first kappa shape index (κ1) is 16.4. The summed E-state index contributed by atoms with van der Waals surface area (Å²) in [6.07, 6.45) is 4.49. The largest absolute Gasteiger partial charge is 0.273 e. The normalized spacial score (nSPS) is 16.8. The minimum atomic E-state index is -0.108. The van der Waals surface area contributed by atoms with Crippen LogP contribution >= 0.6 is 0 Å². The summed E-state index contributed by atoms with van der Waals surface area (Å²) in [5, 5.41) is 6.33. The maximum Gasteiger partial charge on any atom is 0.242 e. The standard InChI is InChI=1S/C21H20N4O/c1-3-21(26)25-20(13-18(24-25)16-7-5-4-6-14(16)2)15-8-9-17-19(12-15)23-11-10-22-17/h4-12,20H,3,13H2,1-2H3. The van der Waals surface area contributed by atoms with Gasteiger partial charge in [0.1, 0.15) is 0 Å². The highest BCUT2D eigenvalue weighted by Crippen LogP contribution is 2.34. The van der Waals surface area contributed by atoms with Crippen LogP contribution in [-0.2, 0) is 4.79 Å². The molecule has 0 bridgehead atoms. The second-order valence-electron chi connectivity index (χ2n) is 6.48. The van der Waals surface area contributed by atoms with Gasteiger partial charge in [-0.25, -0.2) is 5.01 Å². The number of carbonyl (C=O) groups is 1. The highest BCUT2D eigenvalue weighted by molar-refractivity contribution is 6.04.